The van der Waals surface area contributed by atoms with E-state index in [1.807, 2.05) is 90.7 Å². The van der Waals surface area contributed by atoms with Crippen LogP contribution in [0.25, 0.3) is 0 Å². The zero-order valence-corrected chi connectivity index (χ0v) is 35.9. The first kappa shape index (κ1) is 47.6. The van der Waals surface area contributed by atoms with Crippen LogP contribution >= 0.6 is 0 Å². The van der Waals surface area contributed by atoms with Crippen LogP contribution in [0, 0.1) is 23.7 Å². The number of nitrogens with zero attached hydrogens (tertiary/aromatic N) is 3. The third-order valence-corrected chi connectivity index (χ3v) is 11.5. The second kappa shape index (κ2) is 22.9. The topological polar surface area (TPSA) is 150 Å². The lowest BCUT2D eigenvalue weighted by Crippen LogP contribution is -2.60. The lowest BCUT2D eigenvalue weighted by molar-refractivity contribution is -0.148. The lowest BCUT2D eigenvalue weighted by Gasteiger charge is -2.41. The van der Waals surface area contributed by atoms with Crippen LogP contribution in [0.3, 0.4) is 0 Å². The van der Waals surface area contributed by atoms with Crippen molar-refractivity contribution in [1.82, 2.24) is 30.7 Å². The van der Waals surface area contributed by atoms with Gasteiger partial charge in [-0.15, -0.1) is 0 Å². The van der Waals surface area contributed by atoms with Crippen LogP contribution in [0.5, 0.6) is 0 Å². The summed E-state index contributed by atoms with van der Waals surface area (Å²) in [5, 5.41) is 8.64. The van der Waals surface area contributed by atoms with Crippen LogP contribution in [-0.2, 0) is 39.9 Å². The predicted octanol–water partition coefficient (Wildman–Crippen LogP) is 3.50. The van der Waals surface area contributed by atoms with Crippen LogP contribution in [0.4, 0.5) is 0 Å². The molecule has 312 valence electrons. The van der Waals surface area contributed by atoms with E-state index in [2.05, 4.69) is 16.0 Å². The number of hydrogen-bond donors (Lipinski definition) is 3. The molecule has 1 saturated heterocycles. The van der Waals surface area contributed by atoms with Crippen molar-refractivity contribution in [3.05, 3.63) is 35.9 Å². The van der Waals surface area contributed by atoms with Crippen LogP contribution in [-0.4, -0.2) is 135 Å². The van der Waals surface area contributed by atoms with Gasteiger partial charge in [-0.05, 0) is 49.8 Å². The van der Waals surface area contributed by atoms with E-state index in [4.69, 9.17) is 9.47 Å². The minimum atomic E-state index is -0.779. The number of benzene rings is 1. The molecule has 1 aromatic carbocycles. The number of amides is 5. The quantitative estimate of drug-likeness (QED) is 0.162. The van der Waals surface area contributed by atoms with Gasteiger partial charge in [0, 0.05) is 41.3 Å². The molecule has 1 fully saturated rings. The average Bonchev–Trinajstić information content (AvgIpc) is 3.65. The summed E-state index contributed by atoms with van der Waals surface area (Å²) in [6.07, 6.45) is 1.21. The third kappa shape index (κ3) is 12.7. The van der Waals surface area contributed by atoms with E-state index in [0.717, 1.165) is 18.4 Å². The van der Waals surface area contributed by atoms with Crippen molar-refractivity contribution in [2.45, 2.75) is 130 Å². The zero-order chi connectivity index (χ0) is 41.6. The van der Waals surface area contributed by atoms with Crippen molar-refractivity contribution in [2.75, 3.05) is 48.5 Å². The van der Waals surface area contributed by atoms with E-state index in [9.17, 15) is 24.0 Å². The number of carbonyl (C=O) groups is 5. The normalized spacial score (nSPS) is 18.9. The Morgan fingerprint density at radius 1 is 0.873 bits per heavy atom. The van der Waals surface area contributed by atoms with Gasteiger partial charge >= 0.3 is 0 Å². The van der Waals surface area contributed by atoms with Gasteiger partial charge in [0.1, 0.15) is 12.1 Å². The van der Waals surface area contributed by atoms with Gasteiger partial charge < -0.3 is 35.2 Å². The highest BCUT2D eigenvalue weighted by Crippen LogP contribution is 2.30. The predicted molar refractivity (Wildman–Crippen MR) is 216 cm³/mol. The smallest absolute Gasteiger partial charge is 0.245 e. The molecular formula is C42H72N6O7. The van der Waals surface area contributed by atoms with Gasteiger partial charge in [0.2, 0.25) is 29.5 Å². The molecular weight excluding hydrogens is 700 g/mol. The Hall–Kier alpha value is -3.55. The number of ether oxygens (including phenoxy) is 2. The summed E-state index contributed by atoms with van der Waals surface area (Å²) >= 11 is 0. The van der Waals surface area contributed by atoms with Gasteiger partial charge in [-0.3, -0.25) is 28.9 Å². The fourth-order valence-electron chi connectivity index (χ4n) is 8.02. The highest BCUT2D eigenvalue weighted by atomic mass is 16.5. The van der Waals surface area contributed by atoms with Gasteiger partial charge in [0.25, 0.3) is 0 Å². The standard InChI is InChI=1S/C42H72N6O7/c1-14-28(7)37(47(11)42(53)35(26(3)4)45-41(52)36(27(5)6)46(10)15-2)33(54-12)25-34(49)48-23-19-22-32(48)38(55-13)29(8)39(50)44-31(40(51)43-9)24-30-20-17-16-18-21-30/h16-18,20-21,26-29,31-33,35-38H,14-15,19,22-25H2,1-13H3,(H,43,51)(H,44,50)(H,45,52)/t28?,29-,31?,32+,33-,35+,36+,37+,38-/m1/s1. The van der Waals surface area contributed by atoms with E-state index < -0.39 is 36.3 Å². The van der Waals surface area contributed by atoms with E-state index in [1.54, 1.807) is 45.0 Å². The largest absolute Gasteiger partial charge is 0.379 e. The molecule has 0 saturated carbocycles. The Kier molecular flexibility index (Phi) is 19.8. The second-order valence-electron chi connectivity index (χ2n) is 15.9. The molecule has 1 aromatic rings. The Morgan fingerprint density at radius 3 is 2.02 bits per heavy atom. The van der Waals surface area contributed by atoms with Gasteiger partial charge in [-0.2, -0.15) is 0 Å². The van der Waals surface area contributed by atoms with Crippen LogP contribution in [0.2, 0.25) is 0 Å². The summed E-state index contributed by atoms with van der Waals surface area (Å²) in [5.41, 5.74) is 0.916. The number of methoxy groups -OCH3 is 2. The molecule has 2 rings (SSSR count). The van der Waals surface area contributed by atoms with Crippen LogP contribution in [0.1, 0.15) is 86.6 Å². The van der Waals surface area contributed by atoms with E-state index in [1.165, 1.54) is 0 Å². The molecule has 1 aliphatic rings. The average molecular weight is 773 g/mol. The van der Waals surface area contributed by atoms with Crippen molar-refractivity contribution in [1.29, 1.82) is 0 Å². The first-order valence-corrected chi connectivity index (χ1v) is 20.2. The van der Waals surface area contributed by atoms with Gasteiger partial charge in [-0.25, -0.2) is 0 Å². The summed E-state index contributed by atoms with van der Waals surface area (Å²) in [4.78, 5) is 74.1. The van der Waals surface area contributed by atoms with E-state index >= 15 is 0 Å². The Morgan fingerprint density at radius 2 is 1.51 bits per heavy atom. The number of rotatable bonds is 22. The molecule has 0 aromatic heterocycles. The van der Waals surface area contributed by atoms with Crippen molar-refractivity contribution < 1.29 is 33.4 Å². The Labute approximate surface area is 331 Å². The molecule has 1 aliphatic heterocycles. The van der Waals surface area contributed by atoms with Crippen molar-refractivity contribution in [2.24, 2.45) is 23.7 Å². The number of carbonyl (C=O) groups excluding carboxylic acids is 5. The van der Waals surface area contributed by atoms with Crippen molar-refractivity contribution in [3.8, 4) is 0 Å². The second-order valence-corrected chi connectivity index (χ2v) is 15.9. The molecule has 13 nitrogen and oxygen atoms in total. The SMILES string of the molecule is CCC(C)[C@@H]([C@@H](CC(=O)N1CCC[C@H]1[C@H](OC)[C@@H](C)C(=O)NC(Cc1ccccc1)C(=O)NC)OC)N(C)C(=O)[C@@H](NC(=O)[C@H](C(C)C)N(C)CC)C(C)C. The number of nitrogens with one attached hydrogen (secondary N) is 3. The lowest BCUT2D eigenvalue weighted by atomic mass is 9.89. The fraction of sp³-hybridized carbons (Fsp3) is 0.738. The first-order valence-electron chi connectivity index (χ1n) is 20.2. The molecule has 1 heterocycles. The third-order valence-electron chi connectivity index (χ3n) is 11.5. The minimum Gasteiger partial charge on any atom is -0.379 e. The maximum atomic E-state index is 14.3. The molecule has 9 atom stereocenters. The van der Waals surface area contributed by atoms with Crippen molar-refractivity contribution in [3.63, 3.8) is 0 Å². The van der Waals surface area contributed by atoms with Crippen molar-refractivity contribution >= 4 is 29.5 Å². The molecule has 3 N–H and O–H groups in total. The molecule has 0 bridgehead atoms. The molecule has 0 radical (unpaired) electrons. The zero-order valence-electron chi connectivity index (χ0n) is 35.9. The van der Waals surface area contributed by atoms with Gasteiger partial charge in [-0.1, -0.05) is 92.1 Å². The Balaban J connectivity index is 2.29. The molecule has 13 heteroatoms. The molecule has 0 spiro atoms. The number of likely N-dealkylation sites (N-methyl/N-ethyl adjacent to an activating group) is 3. The highest BCUT2D eigenvalue weighted by Gasteiger charge is 2.43. The van der Waals surface area contributed by atoms with Crippen LogP contribution < -0.4 is 16.0 Å². The Bertz CT molecular complexity index is 1380. The molecule has 5 amide bonds. The minimum absolute atomic E-state index is 0.0158. The van der Waals surface area contributed by atoms with E-state index in [-0.39, 0.29) is 65.8 Å². The summed E-state index contributed by atoms with van der Waals surface area (Å²) in [6.45, 7) is 16.9. The maximum Gasteiger partial charge on any atom is 0.245 e. The maximum absolute atomic E-state index is 14.3. The monoisotopic (exact) mass is 773 g/mol. The molecule has 55 heavy (non-hydrogen) atoms. The number of hydrogen-bond acceptors (Lipinski definition) is 8. The molecule has 0 aliphatic carbocycles. The first-order chi connectivity index (χ1) is 26.0. The summed E-state index contributed by atoms with van der Waals surface area (Å²) in [6, 6.07) is 6.73. The summed E-state index contributed by atoms with van der Waals surface area (Å²) < 4.78 is 12.0. The van der Waals surface area contributed by atoms with Gasteiger partial charge in [0.05, 0.1) is 42.7 Å². The van der Waals surface area contributed by atoms with Crippen LogP contribution in [0.15, 0.2) is 30.3 Å². The molecule has 2 unspecified atom stereocenters. The summed E-state index contributed by atoms with van der Waals surface area (Å²) in [5.74, 6) is -2.04. The fourth-order valence-corrected chi connectivity index (χ4v) is 8.02. The summed E-state index contributed by atoms with van der Waals surface area (Å²) in [7, 11) is 8.29. The number of likely N-dealkylation sites (tertiary alicyclic amines) is 1. The van der Waals surface area contributed by atoms with E-state index in [0.29, 0.717) is 25.9 Å². The highest BCUT2D eigenvalue weighted by molar-refractivity contribution is 5.90. The van der Waals surface area contributed by atoms with Gasteiger partial charge in [0.15, 0.2) is 0 Å².